The van der Waals surface area contributed by atoms with E-state index in [2.05, 4.69) is 16.0 Å². The van der Waals surface area contributed by atoms with E-state index in [4.69, 9.17) is 22.8 Å². The number of hydrogen-bond donors (Lipinski definition) is 4. The molecule has 0 fully saturated rings. The maximum atomic E-state index is 12.0. The third-order valence-electron chi connectivity index (χ3n) is 3.79. The number of para-hydroxylation sites is 1. The lowest BCUT2D eigenvalue weighted by atomic mass is 9.97. The molecule has 5 N–H and O–H groups in total. The molecule has 0 spiro atoms. The van der Waals surface area contributed by atoms with Crippen molar-refractivity contribution in [3.05, 3.63) is 65.2 Å². The second-order valence-corrected chi connectivity index (χ2v) is 5.75. The molecule has 0 saturated carbocycles. The number of carbonyl (C=O) groups excluding carboxylic acids is 1. The third kappa shape index (κ3) is 3.59. The van der Waals surface area contributed by atoms with Crippen LogP contribution >= 0.6 is 12.2 Å². The number of aromatic hydroxyl groups is 1. The van der Waals surface area contributed by atoms with Gasteiger partial charge in [0.25, 0.3) is 0 Å². The average Bonchev–Trinajstić information content (AvgIpc) is 2.95. The molecule has 0 amide bonds. The Bertz CT molecular complexity index is 853. The SMILES string of the molecule is NNC(=S)NN=C(CC1OC(=O)c2ccccc21)c1ccccc1O. The number of nitrogens with zero attached hydrogens (tertiary/aromatic N) is 1. The van der Waals surface area contributed by atoms with E-state index < -0.39 is 6.10 Å². The lowest BCUT2D eigenvalue weighted by Gasteiger charge is -2.14. The van der Waals surface area contributed by atoms with Gasteiger partial charge in [0.1, 0.15) is 11.9 Å². The van der Waals surface area contributed by atoms with Gasteiger partial charge in [0.15, 0.2) is 0 Å². The maximum Gasteiger partial charge on any atom is 0.339 e. The Morgan fingerprint density at radius 2 is 1.96 bits per heavy atom. The Kier molecular flexibility index (Phi) is 4.92. The lowest BCUT2D eigenvalue weighted by molar-refractivity contribution is 0.0400. The van der Waals surface area contributed by atoms with E-state index in [1.165, 1.54) is 0 Å². The summed E-state index contributed by atoms with van der Waals surface area (Å²) in [5.74, 6) is 4.92. The maximum absolute atomic E-state index is 12.0. The van der Waals surface area contributed by atoms with Crippen molar-refractivity contribution in [1.82, 2.24) is 10.9 Å². The van der Waals surface area contributed by atoms with Crippen LogP contribution in [0.4, 0.5) is 0 Å². The van der Waals surface area contributed by atoms with Gasteiger partial charge in [-0.2, -0.15) is 5.10 Å². The number of benzene rings is 2. The molecule has 0 aliphatic carbocycles. The molecular weight excluding hydrogens is 340 g/mol. The van der Waals surface area contributed by atoms with Gasteiger partial charge in [-0.25, -0.2) is 10.6 Å². The van der Waals surface area contributed by atoms with Crippen molar-refractivity contribution >= 4 is 29.0 Å². The first-order valence-corrected chi connectivity index (χ1v) is 7.92. The average molecular weight is 356 g/mol. The van der Waals surface area contributed by atoms with Gasteiger partial charge in [-0.1, -0.05) is 30.3 Å². The monoisotopic (exact) mass is 356 g/mol. The second-order valence-electron chi connectivity index (χ2n) is 5.35. The van der Waals surface area contributed by atoms with Crippen molar-refractivity contribution in [2.24, 2.45) is 10.9 Å². The van der Waals surface area contributed by atoms with Crippen molar-refractivity contribution in [3.63, 3.8) is 0 Å². The van der Waals surface area contributed by atoms with Gasteiger partial charge in [0.05, 0.1) is 11.3 Å². The summed E-state index contributed by atoms with van der Waals surface area (Å²) < 4.78 is 5.45. The van der Waals surface area contributed by atoms with Gasteiger partial charge in [-0.3, -0.25) is 10.9 Å². The minimum atomic E-state index is -0.497. The van der Waals surface area contributed by atoms with Gasteiger partial charge >= 0.3 is 5.97 Å². The zero-order valence-corrected chi connectivity index (χ0v) is 13.9. The molecule has 0 bridgehead atoms. The van der Waals surface area contributed by atoms with Crippen molar-refractivity contribution < 1.29 is 14.6 Å². The summed E-state index contributed by atoms with van der Waals surface area (Å²) >= 11 is 4.92. The van der Waals surface area contributed by atoms with E-state index >= 15 is 0 Å². The number of hydrazine groups is 1. The molecule has 8 heteroatoms. The number of rotatable bonds is 4. The van der Waals surface area contributed by atoms with Crippen LogP contribution < -0.4 is 16.7 Å². The first-order chi connectivity index (χ1) is 12.1. The second kappa shape index (κ2) is 7.29. The summed E-state index contributed by atoms with van der Waals surface area (Å²) in [6, 6.07) is 14.0. The summed E-state index contributed by atoms with van der Waals surface area (Å²) in [4.78, 5) is 12.0. The highest BCUT2D eigenvalue weighted by atomic mass is 32.1. The number of nitrogens with two attached hydrogens (primary N) is 1. The number of esters is 1. The van der Waals surface area contributed by atoms with E-state index in [-0.39, 0.29) is 23.3 Å². The number of phenolic OH excluding ortho intramolecular Hbond substituents is 1. The van der Waals surface area contributed by atoms with Gasteiger partial charge in [-0.05, 0) is 30.4 Å². The Balaban J connectivity index is 1.93. The molecule has 7 nitrogen and oxygen atoms in total. The largest absolute Gasteiger partial charge is 0.507 e. The fourth-order valence-electron chi connectivity index (χ4n) is 2.63. The van der Waals surface area contributed by atoms with Gasteiger partial charge in [-0.15, -0.1) is 0 Å². The van der Waals surface area contributed by atoms with E-state index in [1.807, 2.05) is 12.1 Å². The zero-order chi connectivity index (χ0) is 17.8. The molecule has 0 saturated heterocycles. The first-order valence-electron chi connectivity index (χ1n) is 7.51. The van der Waals surface area contributed by atoms with Crippen LogP contribution in [-0.4, -0.2) is 21.9 Å². The van der Waals surface area contributed by atoms with Gasteiger partial charge in [0, 0.05) is 17.5 Å². The fourth-order valence-corrected chi connectivity index (χ4v) is 2.68. The van der Waals surface area contributed by atoms with Crippen LogP contribution in [0, 0.1) is 0 Å². The molecule has 128 valence electrons. The number of carbonyl (C=O) groups is 1. The predicted octanol–water partition coefficient (Wildman–Crippen LogP) is 1.74. The fraction of sp³-hybridized carbons (Fsp3) is 0.118. The topological polar surface area (TPSA) is 109 Å². The Morgan fingerprint density at radius 1 is 1.24 bits per heavy atom. The van der Waals surface area contributed by atoms with E-state index in [0.29, 0.717) is 16.8 Å². The van der Waals surface area contributed by atoms with Crippen LogP contribution in [0.25, 0.3) is 0 Å². The number of cyclic esters (lactones) is 1. The number of hydrazone groups is 1. The lowest BCUT2D eigenvalue weighted by Crippen LogP contribution is -2.37. The normalized spacial score (nSPS) is 16.1. The number of thiocarbonyl (C=S) groups is 1. The summed E-state index contributed by atoms with van der Waals surface area (Å²) in [5.41, 5.74) is 7.18. The van der Waals surface area contributed by atoms with Crippen LogP contribution in [0.5, 0.6) is 5.75 Å². The molecule has 0 aromatic heterocycles. The summed E-state index contributed by atoms with van der Waals surface area (Å²) in [6.45, 7) is 0. The van der Waals surface area contributed by atoms with Gasteiger partial charge in [0.2, 0.25) is 5.11 Å². The molecule has 3 rings (SSSR count). The molecule has 0 radical (unpaired) electrons. The van der Waals surface area contributed by atoms with E-state index in [0.717, 1.165) is 5.56 Å². The van der Waals surface area contributed by atoms with Crippen LogP contribution in [0.15, 0.2) is 53.6 Å². The number of phenols is 1. The number of nitrogens with one attached hydrogen (secondary N) is 2. The number of ether oxygens (including phenoxy) is 1. The van der Waals surface area contributed by atoms with Crippen molar-refractivity contribution in [2.45, 2.75) is 12.5 Å². The Morgan fingerprint density at radius 3 is 2.72 bits per heavy atom. The molecule has 25 heavy (non-hydrogen) atoms. The van der Waals surface area contributed by atoms with E-state index in [9.17, 15) is 9.90 Å². The highest BCUT2D eigenvalue weighted by Gasteiger charge is 2.32. The Labute approximate surface area is 149 Å². The van der Waals surface area contributed by atoms with Crippen molar-refractivity contribution in [1.29, 1.82) is 0 Å². The molecule has 2 aromatic rings. The van der Waals surface area contributed by atoms with Crippen molar-refractivity contribution in [3.8, 4) is 5.75 Å². The first kappa shape index (κ1) is 16.9. The van der Waals surface area contributed by atoms with Crippen LogP contribution in [0.2, 0.25) is 0 Å². The van der Waals surface area contributed by atoms with Crippen molar-refractivity contribution in [2.75, 3.05) is 0 Å². The van der Waals surface area contributed by atoms with E-state index in [1.54, 1.807) is 36.4 Å². The minimum Gasteiger partial charge on any atom is -0.507 e. The molecule has 1 aliphatic heterocycles. The van der Waals surface area contributed by atoms with Crippen LogP contribution in [0.1, 0.15) is 34.0 Å². The third-order valence-corrected chi connectivity index (χ3v) is 4.00. The molecule has 1 atom stereocenters. The molecule has 1 heterocycles. The molecule has 1 aliphatic rings. The summed E-state index contributed by atoms with van der Waals surface area (Å²) in [7, 11) is 0. The van der Waals surface area contributed by atoms with Gasteiger partial charge < -0.3 is 9.84 Å². The van der Waals surface area contributed by atoms with Crippen LogP contribution in [-0.2, 0) is 4.74 Å². The summed E-state index contributed by atoms with van der Waals surface area (Å²) in [6.07, 6.45) is -0.233. The number of fused-ring (bicyclic) bond motifs is 1. The molecular formula is C17H16N4O3S. The summed E-state index contributed by atoms with van der Waals surface area (Å²) in [5, 5.41) is 14.5. The van der Waals surface area contributed by atoms with Crippen LogP contribution in [0.3, 0.4) is 0 Å². The standard InChI is InChI=1S/C17H16N4O3S/c18-19-17(25)21-20-13(12-7-3-4-8-14(12)22)9-15-10-5-1-2-6-11(10)16(23)24-15/h1-8,15,22H,9,18H2,(H2,19,21,25). The Hall–Kier alpha value is -2.97. The zero-order valence-electron chi connectivity index (χ0n) is 13.1. The quantitative estimate of drug-likeness (QED) is 0.217. The molecule has 1 unspecified atom stereocenters. The smallest absolute Gasteiger partial charge is 0.339 e. The number of hydrogen-bond acceptors (Lipinski definition) is 6. The highest BCUT2D eigenvalue weighted by molar-refractivity contribution is 7.80. The minimum absolute atomic E-state index is 0.0623. The highest BCUT2D eigenvalue weighted by Crippen LogP contribution is 2.34. The predicted molar refractivity (Wildman–Crippen MR) is 96.9 cm³/mol. The molecule has 2 aromatic carbocycles.